The van der Waals surface area contributed by atoms with Crippen molar-refractivity contribution in [2.75, 3.05) is 6.79 Å². The predicted octanol–water partition coefficient (Wildman–Crippen LogP) is 4.08. The van der Waals surface area contributed by atoms with Crippen LogP contribution in [0.1, 0.15) is 22.5 Å². The normalized spacial score (nSPS) is 15.4. The Balaban J connectivity index is 1.64. The molecule has 0 amide bonds. The minimum atomic E-state index is -0.206. The van der Waals surface area contributed by atoms with Crippen LogP contribution in [0.2, 0.25) is 0 Å². The standard InChI is InChI=1S/C24H16N2O3/c27-24-18-7-3-4-8-20(18)26-13-16-5-1-2-6-17(16)19(23(26)25-24)11-15-9-10-21-22(12-15)29-14-28-21/h1-12H,13-14H2/b19-11-. The molecule has 0 N–H and O–H groups in total. The van der Waals surface area contributed by atoms with E-state index in [0.29, 0.717) is 17.8 Å². The molecule has 0 bridgehead atoms. The molecule has 140 valence electrons. The van der Waals surface area contributed by atoms with E-state index in [-0.39, 0.29) is 12.4 Å². The maximum absolute atomic E-state index is 12.7. The molecule has 0 saturated heterocycles. The third-order valence-electron chi connectivity index (χ3n) is 5.47. The summed E-state index contributed by atoms with van der Waals surface area (Å²) in [6, 6.07) is 21.8. The predicted molar refractivity (Wildman–Crippen MR) is 111 cm³/mol. The summed E-state index contributed by atoms with van der Waals surface area (Å²) < 4.78 is 13.1. The zero-order valence-electron chi connectivity index (χ0n) is 15.5. The van der Waals surface area contributed by atoms with E-state index in [0.717, 1.165) is 33.7 Å². The summed E-state index contributed by atoms with van der Waals surface area (Å²) in [6.45, 7) is 0.918. The molecule has 0 spiro atoms. The molecule has 0 aliphatic carbocycles. The Bertz CT molecular complexity index is 1380. The van der Waals surface area contributed by atoms with E-state index in [9.17, 15) is 4.79 Å². The van der Waals surface area contributed by atoms with Crippen molar-refractivity contribution >= 4 is 22.6 Å². The van der Waals surface area contributed by atoms with Gasteiger partial charge in [-0.15, -0.1) is 0 Å². The van der Waals surface area contributed by atoms with Crippen LogP contribution in [-0.2, 0) is 6.54 Å². The number of benzene rings is 3. The molecule has 3 aromatic carbocycles. The van der Waals surface area contributed by atoms with Gasteiger partial charge in [-0.25, -0.2) is 0 Å². The monoisotopic (exact) mass is 380 g/mol. The first-order chi connectivity index (χ1) is 14.3. The van der Waals surface area contributed by atoms with Crippen molar-refractivity contribution in [3.63, 3.8) is 0 Å². The van der Waals surface area contributed by atoms with Crippen molar-refractivity contribution in [2.24, 2.45) is 0 Å². The Morgan fingerprint density at radius 1 is 0.931 bits per heavy atom. The number of nitrogens with zero attached hydrogens (tertiary/aromatic N) is 2. The maximum atomic E-state index is 12.7. The Morgan fingerprint density at radius 2 is 1.76 bits per heavy atom. The van der Waals surface area contributed by atoms with Crippen LogP contribution in [-0.4, -0.2) is 16.3 Å². The van der Waals surface area contributed by atoms with Crippen LogP contribution >= 0.6 is 0 Å². The first kappa shape index (κ1) is 16.1. The zero-order valence-corrected chi connectivity index (χ0v) is 15.5. The van der Waals surface area contributed by atoms with Crippen molar-refractivity contribution in [1.29, 1.82) is 0 Å². The molecule has 0 unspecified atom stereocenters. The molecule has 3 heterocycles. The van der Waals surface area contributed by atoms with Gasteiger partial charge in [-0.05, 0) is 47.0 Å². The summed E-state index contributed by atoms with van der Waals surface area (Å²) in [5.74, 6) is 2.16. The fraction of sp³-hybridized carbons (Fsp3) is 0.0833. The highest BCUT2D eigenvalue weighted by Crippen LogP contribution is 2.37. The molecule has 5 nitrogen and oxygen atoms in total. The van der Waals surface area contributed by atoms with Gasteiger partial charge in [0, 0.05) is 5.57 Å². The second kappa shape index (κ2) is 6.07. The molecule has 0 atom stereocenters. The number of aromatic nitrogens is 2. The second-order valence-corrected chi connectivity index (χ2v) is 7.17. The molecule has 0 radical (unpaired) electrons. The van der Waals surface area contributed by atoms with Gasteiger partial charge < -0.3 is 14.0 Å². The minimum Gasteiger partial charge on any atom is -0.454 e. The summed E-state index contributed by atoms with van der Waals surface area (Å²) in [7, 11) is 0. The summed E-state index contributed by atoms with van der Waals surface area (Å²) in [6.07, 6.45) is 2.06. The number of ether oxygens (including phenoxy) is 2. The van der Waals surface area contributed by atoms with E-state index < -0.39 is 0 Å². The SMILES string of the molecule is O=c1nc2n(c3ccccc13)Cc1ccccc1/C2=C/c1ccc2c(c1)OCO2. The number of hydrogen-bond donors (Lipinski definition) is 0. The Kier molecular flexibility index (Phi) is 3.38. The highest BCUT2D eigenvalue weighted by atomic mass is 16.7. The quantitative estimate of drug-likeness (QED) is 0.440. The molecular formula is C24H16N2O3. The van der Waals surface area contributed by atoms with Gasteiger partial charge in [0.25, 0.3) is 5.56 Å². The van der Waals surface area contributed by atoms with E-state index in [2.05, 4.69) is 27.8 Å². The summed E-state index contributed by atoms with van der Waals surface area (Å²) in [4.78, 5) is 17.2. The largest absolute Gasteiger partial charge is 0.454 e. The van der Waals surface area contributed by atoms with Crippen molar-refractivity contribution in [3.05, 3.63) is 99.6 Å². The van der Waals surface area contributed by atoms with Crippen LogP contribution in [0.15, 0.2) is 71.5 Å². The maximum Gasteiger partial charge on any atom is 0.281 e. The Hall–Kier alpha value is -3.86. The molecule has 29 heavy (non-hydrogen) atoms. The first-order valence-electron chi connectivity index (χ1n) is 9.47. The molecule has 2 aliphatic rings. The van der Waals surface area contributed by atoms with Crippen LogP contribution in [0.5, 0.6) is 11.5 Å². The van der Waals surface area contributed by atoms with Crippen molar-refractivity contribution in [2.45, 2.75) is 6.54 Å². The molecule has 2 aliphatic heterocycles. The highest BCUT2D eigenvalue weighted by molar-refractivity contribution is 5.93. The van der Waals surface area contributed by atoms with E-state index in [1.807, 2.05) is 54.6 Å². The van der Waals surface area contributed by atoms with E-state index in [1.54, 1.807) is 0 Å². The molecule has 1 aromatic heterocycles. The van der Waals surface area contributed by atoms with Gasteiger partial charge in [-0.1, -0.05) is 42.5 Å². The summed E-state index contributed by atoms with van der Waals surface area (Å²) in [5, 5.41) is 0.637. The lowest BCUT2D eigenvalue weighted by Crippen LogP contribution is -2.23. The number of hydrogen-bond acceptors (Lipinski definition) is 4. The van der Waals surface area contributed by atoms with Gasteiger partial charge in [0.05, 0.1) is 17.4 Å². The zero-order chi connectivity index (χ0) is 19.4. The lowest BCUT2D eigenvalue weighted by atomic mass is 9.93. The van der Waals surface area contributed by atoms with Crippen LogP contribution in [0, 0.1) is 0 Å². The topological polar surface area (TPSA) is 53.4 Å². The van der Waals surface area contributed by atoms with E-state index in [4.69, 9.17) is 9.47 Å². The molecular weight excluding hydrogens is 364 g/mol. The fourth-order valence-corrected chi connectivity index (χ4v) is 4.11. The van der Waals surface area contributed by atoms with Gasteiger partial charge >= 0.3 is 0 Å². The highest BCUT2D eigenvalue weighted by Gasteiger charge is 2.23. The minimum absolute atomic E-state index is 0.206. The fourth-order valence-electron chi connectivity index (χ4n) is 4.11. The van der Waals surface area contributed by atoms with Crippen LogP contribution in [0.25, 0.3) is 22.6 Å². The average Bonchev–Trinajstić information content (AvgIpc) is 3.22. The number of rotatable bonds is 1. The van der Waals surface area contributed by atoms with Crippen LogP contribution in [0.4, 0.5) is 0 Å². The number of para-hydroxylation sites is 1. The average molecular weight is 380 g/mol. The number of fused-ring (bicyclic) bond motifs is 5. The van der Waals surface area contributed by atoms with Gasteiger partial charge in [-0.2, -0.15) is 4.98 Å². The smallest absolute Gasteiger partial charge is 0.281 e. The van der Waals surface area contributed by atoms with Crippen molar-refractivity contribution in [3.8, 4) is 11.5 Å². The third-order valence-corrected chi connectivity index (χ3v) is 5.47. The van der Waals surface area contributed by atoms with Crippen molar-refractivity contribution in [1.82, 2.24) is 9.55 Å². The first-order valence-corrected chi connectivity index (χ1v) is 9.47. The lowest BCUT2D eigenvalue weighted by Gasteiger charge is -2.25. The molecule has 0 saturated carbocycles. The Morgan fingerprint density at radius 3 is 2.72 bits per heavy atom. The summed E-state index contributed by atoms with van der Waals surface area (Å²) >= 11 is 0. The lowest BCUT2D eigenvalue weighted by molar-refractivity contribution is 0.174. The second-order valence-electron chi connectivity index (χ2n) is 7.17. The van der Waals surface area contributed by atoms with Gasteiger partial charge in [-0.3, -0.25) is 4.79 Å². The molecule has 5 heteroatoms. The van der Waals surface area contributed by atoms with Gasteiger partial charge in [0.1, 0.15) is 5.82 Å². The molecule has 4 aromatic rings. The molecule has 6 rings (SSSR count). The van der Waals surface area contributed by atoms with Crippen LogP contribution in [0.3, 0.4) is 0 Å². The Labute approximate surface area is 166 Å². The van der Waals surface area contributed by atoms with Gasteiger partial charge in [0.2, 0.25) is 6.79 Å². The van der Waals surface area contributed by atoms with Crippen LogP contribution < -0.4 is 15.0 Å². The third kappa shape index (κ3) is 2.48. The van der Waals surface area contributed by atoms with Crippen molar-refractivity contribution < 1.29 is 9.47 Å². The molecule has 0 fully saturated rings. The van der Waals surface area contributed by atoms with E-state index >= 15 is 0 Å². The van der Waals surface area contributed by atoms with Gasteiger partial charge in [0.15, 0.2) is 11.5 Å². The van der Waals surface area contributed by atoms with E-state index in [1.165, 1.54) is 5.56 Å². The summed E-state index contributed by atoms with van der Waals surface area (Å²) in [5.41, 5.74) is 4.87.